The number of hydrogen-bond donors (Lipinski definition) is 12. The molecule has 27 nitrogen and oxygen atoms in total. The maximum Gasteiger partial charge on any atom is 0.248 e. The van der Waals surface area contributed by atoms with Crippen LogP contribution in [0, 0.1) is 11.8 Å². The third kappa shape index (κ3) is 15.2. The Balaban J connectivity index is 1.32. The summed E-state index contributed by atoms with van der Waals surface area (Å²) in [6, 6.07) is -0.568. The number of nitrogens with two attached hydrogens (primary N) is 1. The number of amides is 9. The van der Waals surface area contributed by atoms with Gasteiger partial charge in [-0.25, -0.2) is 0 Å². The van der Waals surface area contributed by atoms with Crippen LogP contribution in [-0.4, -0.2) is 192 Å². The molecule has 2 saturated heterocycles. The van der Waals surface area contributed by atoms with Crippen LogP contribution in [-0.2, 0) is 75.0 Å². The second-order valence-electron chi connectivity index (χ2n) is 20.0. The summed E-state index contributed by atoms with van der Waals surface area (Å²) in [5.74, 6) is -11.0. The van der Waals surface area contributed by atoms with Crippen molar-refractivity contribution in [2.24, 2.45) is 17.6 Å². The smallest absolute Gasteiger partial charge is 0.248 e. The van der Waals surface area contributed by atoms with Crippen molar-refractivity contribution >= 4 is 91.2 Å². The van der Waals surface area contributed by atoms with Crippen LogP contribution >= 0.6 is 15.9 Å². The number of H-pyrrole nitrogens is 1. The second-order valence-corrected chi connectivity index (χ2v) is 22.3. The van der Waals surface area contributed by atoms with Crippen LogP contribution in [0.25, 0.3) is 10.9 Å². The summed E-state index contributed by atoms with van der Waals surface area (Å²) in [5, 5.41) is 42.5. The van der Waals surface area contributed by atoms with Crippen LogP contribution in [0.5, 0.6) is 11.5 Å². The number of primary amides is 1. The number of nitrogens with one attached hydrogen (secondary N) is 9. The summed E-state index contributed by atoms with van der Waals surface area (Å²) in [4.78, 5) is 131. The fourth-order valence-corrected chi connectivity index (χ4v) is 11.5. The molecule has 0 saturated carbocycles. The summed E-state index contributed by atoms with van der Waals surface area (Å²) < 4.78 is 39.6. The first-order valence-corrected chi connectivity index (χ1v) is 28.2. The summed E-state index contributed by atoms with van der Waals surface area (Å²) in [5.41, 5.74) is 6.42. The molecule has 4 aliphatic rings. The number of carbonyl (C=O) groups excluding carboxylic acids is 9. The third-order valence-electron chi connectivity index (χ3n) is 14.2. The van der Waals surface area contributed by atoms with Crippen molar-refractivity contribution in [2.75, 3.05) is 65.4 Å². The number of aliphatic hydroxyl groups excluding tert-OH is 1. The molecule has 2 fully saturated rings. The van der Waals surface area contributed by atoms with Gasteiger partial charge < -0.3 is 91.9 Å². The van der Waals surface area contributed by atoms with Crippen molar-refractivity contribution in [3.05, 3.63) is 52.0 Å². The SMILES string of the molecule is CC[C@H](C)C1NC(=O)CNC(=O)C2Cc3c([nH]c4cc(O)ccc34)[S@+]([O-])CC(NC(=O)CNC1=O)C(=O)NC(CC(N)=O)C(=O)N1CC(O)CC1C(=O)N[C@@H]([C@@H](C)[C@@H]1COC(c3cc(OCCOCCNC)ccc3Br)O1)C(=O)N2. The maximum absolute atomic E-state index is 15.2. The van der Waals surface area contributed by atoms with Gasteiger partial charge in [0.15, 0.2) is 12.3 Å². The molecule has 0 aliphatic carbocycles. The Bertz CT molecular complexity index is 2810. The van der Waals surface area contributed by atoms with Crippen LogP contribution in [0.3, 0.4) is 0 Å². The Labute approximate surface area is 471 Å². The monoisotopic (exact) mass is 1200 g/mol. The van der Waals surface area contributed by atoms with Crippen molar-refractivity contribution in [1.82, 2.24) is 52.4 Å². The predicted molar refractivity (Wildman–Crippen MR) is 287 cm³/mol. The van der Waals surface area contributed by atoms with E-state index in [1.807, 2.05) is 7.05 Å². The molecular weight excluding hydrogens is 1130 g/mol. The Kier molecular flexibility index (Phi) is 21.1. The lowest BCUT2D eigenvalue weighted by Gasteiger charge is -2.33. The van der Waals surface area contributed by atoms with E-state index in [9.17, 15) is 53.1 Å². The number of aromatic nitrogens is 1. The number of aliphatic hydroxyl groups is 1. The Hall–Kier alpha value is -6.60. The first kappa shape index (κ1) is 61.0. The average Bonchev–Trinajstić information content (AvgIpc) is 4.28. The summed E-state index contributed by atoms with van der Waals surface area (Å²) in [6.45, 7) is 4.56. The topological polar surface area (TPSA) is 395 Å². The Morgan fingerprint density at radius 2 is 1.64 bits per heavy atom. The molecule has 2 bridgehead atoms. The average molecular weight is 1200 g/mol. The van der Waals surface area contributed by atoms with Crippen molar-refractivity contribution < 1.29 is 76.9 Å². The molecule has 12 atom stereocenters. The van der Waals surface area contributed by atoms with Crippen LogP contribution in [0.1, 0.15) is 57.5 Å². The first-order valence-electron chi connectivity index (χ1n) is 26.1. The van der Waals surface area contributed by atoms with Gasteiger partial charge in [-0.3, -0.25) is 43.2 Å². The van der Waals surface area contributed by atoms with Crippen molar-refractivity contribution in [2.45, 2.75) is 106 Å². The van der Waals surface area contributed by atoms with Gasteiger partial charge in [0.1, 0.15) is 54.1 Å². The molecule has 29 heteroatoms. The number of carbonyl (C=O) groups is 9. The van der Waals surface area contributed by atoms with Crippen LogP contribution in [0.4, 0.5) is 0 Å². The van der Waals surface area contributed by atoms with E-state index < -0.39 is 169 Å². The minimum absolute atomic E-state index is 0.111. The number of aromatic amines is 1. The van der Waals surface area contributed by atoms with E-state index in [-0.39, 0.29) is 46.9 Å². The van der Waals surface area contributed by atoms with E-state index in [1.54, 1.807) is 39.0 Å². The number of likely N-dealkylation sites (N-methyl/N-ethyl adjacent to an activating group) is 1. The number of phenols is 1. The van der Waals surface area contributed by atoms with Gasteiger partial charge in [0, 0.05) is 70.1 Å². The van der Waals surface area contributed by atoms with Gasteiger partial charge in [-0.2, -0.15) is 0 Å². The first-order chi connectivity index (χ1) is 38.1. The normalized spacial score (nSPS) is 27.6. The van der Waals surface area contributed by atoms with Gasteiger partial charge in [-0.1, -0.05) is 43.1 Å². The van der Waals surface area contributed by atoms with Crippen LogP contribution < -0.4 is 53.0 Å². The summed E-state index contributed by atoms with van der Waals surface area (Å²) in [7, 11) is 1.81. The Morgan fingerprint density at radius 1 is 0.900 bits per heavy atom. The number of nitrogens with zero attached hydrogens (tertiary/aromatic N) is 1. The number of rotatable bonds is 14. The lowest BCUT2D eigenvalue weighted by atomic mass is 9.93. The van der Waals surface area contributed by atoms with E-state index in [1.165, 1.54) is 18.2 Å². The highest BCUT2D eigenvalue weighted by molar-refractivity contribution is 9.10. The number of halogens is 1. The Morgan fingerprint density at radius 3 is 2.36 bits per heavy atom. The molecule has 5 heterocycles. The molecule has 436 valence electrons. The molecule has 2 aromatic carbocycles. The lowest BCUT2D eigenvalue weighted by Crippen LogP contribution is -2.62. The molecule has 80 heavy (non-hydrogen) atoms. The zero-order valence-electron chi connectivity index (χ0n) is 44.4. The van der Waals surface area contributed by atoms with Gasteiger partial charge in [-0.05, 0) is 43.3 Å². The van der Waals surface area contributed by atoms with Gasteiger partial charge >= 0.3 is 0 Å². The molecule has 3 aromatic rings. The molecule has 0 radical (unpaired) electrons. The fraction of sp³-hybridized carbons (Fsp3) is 0.549. The third-order valence-corrected chi connectivity index (χ3v) is 16.4. The number of aromatic hydroxyl groups is 1. The quantitative estimate of drug-likeness (QED) is 0.0574. The second kappa shape index (κ2) is 27.7. The highest BCUT2D eigenvalue weighted by Crippen LogP contribution is 2.37. The predicted octanol–water partition coefficient (Wildman–Crippen LogP) is -2.78. The van der Waals surface area contributed by atoms with Gasteiger partial charge in [-0.15, -0.1) is 0 Å². The van der Waals surface area contributed by atoms with Crippen molar-refractivity contribution in [1.29, 1.82) is 0 Å². The number of phenolic OH excluding ortho intramolecular Hbond substituents is 1. The van der Waals surface area contributed by atoms with E-state index in [2.05, 4.69) is 63.4 Å². The molecule has 1 aromatic heterocycles. The van der Waals surface area contributed by atoms with E-state index >= 15 is 4.79 Å². The van der Waals surface area contributed by atoms with Gasteiger partial charge in [0.05, 0.1) is 57.1 Å². The molecule has 7 unspecified atom stereocenters. The van der Waals surface area contributed by atoms with Crippen LogP contribution in [0.2, 0.25) is 0 Å². The highest BCUT2D eigenvalue weighted by atomic mass is 79.9. The molecule has 9 amide bonds. The zero-order valence-corrected chi connectivity index (χ0v) is 46.8. The molecule has 0 spiro atoms. The zero-order chi connectivity index (χ0) is 57.9. The molecule has 7 rings (SSSR count). The number of ether oxygens (including phenoxy) is 4. The van der Waals surface area contributed by atoms with E-state index in [0.29, 0.717) is 42.0 Å². The number of fused-ring (bicyclic) bond motifs is 5. The lowest BCUT2D eigenvalue weighted by molar-refractivity contribution is -0.144. The van der Waals surface area contributed by atoms with Crippen molar-refractivity contribution in [3.63, 3.8) is 0 Å². The molecule has 13 N–H and O–H groups in total. The van der Waals surface area contributed by atoms with E-state index in [0.717, 1.165) is 4.90 Å². The number of benzene rings is 2. The van der Waals surface area contributed by atoms with Crippen molar-refractivity contribution in [3.8, 4) is 11.5 Å². The van der Waals surface area contributed by atoms with Gasteiger partial charge in [0.2, 0.25) is 58.2 Å². The van der Waals surface area contributed by atoms with Crippen LogP contribution in [0.15, 0.2) is 45.9 Å². The largest absolute Gasteiger partial charge is 0.610 e. The summed E-state index contributed by atoms with van der Waals surface area (Å²) >= 11 is 1.16. The fourth-order valence-electron chi connectivity index (χ4n) is 9.67. The van der Waals surface area contributed by atoms with E-state index in [4.69, 9.17) is 24.7 Å². The molecular formula is C51H68BrN11O16S. The molecule has 4 aliphatic heterocycles. The standard InChI is InChI=1S/C51H68BrN11O16S/c1-5-24(2)42-47(72)56-19-40(67)57-36-23-80(75)49-30(29-8-6-26(64)14-33(29)60-49)17-34(44(69)55-20-41(68)61-42)58-48(73)43(62-46(71)37-15-27(65)21-63(37)50(74)35(18-39(53)66)59-45(36)70)25(3)38-22-78-51(79-38)31-16-28(7-9-32(31)52)77-13-12-76-11-10-54-4/h6-9,14,16,24-25,27,34-38,42-43,51,54,60,64-65H,5,10-13,15,17-23H2,1-4H3,(H2,53,66)(H,55,69)(H,56,72)(H,57,67)(H,58,73)(H,59,70)(H,61,68)(H,62,71)/t24-,25-,27?,34?,35?,36?,37?,38-,42?,43-,51?,80+/m0/s1. The number of hydrogen-bond acceptors (Lipinski definition) is 17. The summed E-state index contributed by atoms with van der Waals surface area (Å²) in [6.07, 6.45) is -4.73. The van der Waals surface area contributed by atoms with Gasteiger partial charge in [0.25, 0.3) is 0 Å². The minimum Gasteiger partial charge on any atom is -0.610 e. The minimum atomic E-state index is -2.39. The highest BCUT2D eigenvalue weighted by Gasteiger charge is 2.47. The maximum atomic E-state index is 15.2.